The summed E-state index contributed by atoms with van der Waals surface area (Å²) in [5.41, 5.74) is 4.57. The number of nitrogens with zero attached hydrogens (tertiary/aromatic N) is 6. The van der Waals surface area contributed by atoms with Gasteiger partial charge >= 0.3 is 6.18 Å². The van der Waals surface area contributed by atoms with Gasteiger partial charge < -0.3 is 4.90 Å². The highest BCUT2D eigenvalue weighted by atomic mass is 35.5. The van der Waals surface area contributed by atoms with Crippen molar-refractivity contribution in [2.45, 2.75) is 70.8 Å². The van der Waals surface area contributed by atoms with Gasteiger partial charge in [-0.05, 0) is 81.0 Å². The number of aryl methyl sites for hydroxylation is 2. The normalized spacial score (nSPS) is 24.7. The fourth-order valence-corrected chi connectivity index (χ4v) is 7.25. The zero-order chi connectivity index (χ0) is 26.4. The molecule has 2 aliphatic carbocycles. The summed E-state index contributed by atoms with van der Waals surface area (Å²) in [5.74, 6) is 1.91. The van der Waals surface area contributed by atoms with Crippen LogP contribution in [0.25, 0.3) is 5.69 Å². The fourth-order valence-electron chi connectivity index (χ4n) is 7.06. The maximum atomic E-state index is 13.2. The molecule has 4 aliphatic rings. The van der Waals surface area contributed by atoms with Gasteiger partial charge in [0.1, 0.15) is 11.6 Å². The lowest BCUT2D eigenvalue weighted by Gasteiger charge is -2.59. The summed E-state index contributed by atoms with van der Waals surface area (Å²) < 4.78 is 41.7. The van der Waals surface area contributed by atoms with Crippen LogP contribution in [-0.2, 0) is 13.1 Å². The Morgan fingerprint density at radius 3 is 2.47 bits per heavy atom. The lowest BCUT2D eigenvalue weighted by atomic mass is 9.57. The average Bonchev–Trinajstić information content (AvgIpc) is 3.05. The van der Waals surface area contributed by atoms with Crippen LogP contribution in [0.1, 0.15) is 60.1 Å². The van der Waals surface area contributed by atoms with Crippen LogP contribution in [0.2, 0.25) is 5.02 Å². The molecule has 10 heteroatoms. The first-order valence-electron chi connectivity index (χ1n) is 13.3. The number of aromatic nitrogens is 4. The largest absolute Gasteiger partial charge is 0.391 e. The Labute approximate surface area is 224 Å². The Bertz CT molecular complexity index is 1380. The molecule has 4 heterocycles. The van der Waals surface area contributed by atoms with Gasteiger partial charge in [-0.25, -0.2) is 4.98 Å². The highest BCUT2D eigenvalue weighted by Crippen LogP contribution is 2.57. The lowest BCUT2D eigenvalue weighted by molar-refractivity contribution is -0.207. The van der Waals surface area contributed by atoms with Crippen molar-refractivity contribution in [1.82, 2.24) is 24.6 Å². The van der Waals surface area contributed by atoms with E-state index in [1.54, 1.807) is 0 Å². The zero-order valence-electron chi connectivity index (χ0n) is 21.5. The summed E-state index contributed by atoms with van der Waals surface area (Å²) in [6.45, 7) is 7.19. The highest BCUT2D eigenvalue weighted by molar-refractivity contribution is 6.30. The highest BCUT2D eigenvalue weighted by Gasteiger charge is 2.55. The molecule has 3 fully saturated rings. The minimum absolute atomic E-state index is 0.119. The number of hydrogen-bond acceptors (Lipinski definition) is 5. The molecule has 0 radical (unpaired) electrons. The van der Waals surface area contributed by atoms with Gasteiger partial charge in [0.25, 0.3) is 0 Å². The number of anilines is 1. The maximum absolute atomic E-state index is 13.2. The second-order valence-corrected chi connectivity index (χ2v) is 12.4. The molecule has 1 spiro atoms. The van der Waals surface area contributed by atoms with Gasteiger partial charge in [0.2, 0.25) is 0 Å². The van der Waals surface area contributed by atoms with Crippen molar-refractivity contribution in [2.75, 3.05) is 18.0 Å². The molecule has 38 heavy (non-hydrogen) atoms. The second-order valence-electron chi connectivity index (χ2n) is 12.0. The quantitative estimate of drug-likeness (QED) is 0.408. The smallest absolute Gasteiger partial charge is 0.355 e. The van der Waals surface area contributed by atoms with Crippen molar-refractivity contribution >= 4 is 17.4 Å². The number of pyridine rings is 1. The van der Waals surface area contributed by atoms with Crippen LogP contribution < -0.4 is 4.90 Å². The summed E-state index contributed by atoms with van der Waals surface area (Å²) in [6.07, 6.45) is -1.75. The van der Waals surface area contributed by atoms with Gasteiger partial charge in [-0.3, -0.25) is 9.47 Å². The number of hydrogen-bond donors (Lipinski definition) is 0. The SMILES string of the molecule is Cc1cc(C)nc(N2CC3(CC(c4nnc5n4-c4ccc(Cl)cc4CN(C4CC(C(F)(F)F)C4)C5)C3)C2)c1. The Morgan fingerprint density at radius 2 is 1.76 bits per heavy atom. The van der Waals surface area contributed by atoms with Gasteiger partial charge in [-0.15, -0.1) is 10.2 Å². The van der Waals surface area contributed by atoms with E-state index in [4.69, 9.17) is 16.6 Å². The van der Waals surface area contributed by atoms with Crippen LogP contribution in [0.4, 0.5) is 19.0 Å². The molecule has 1 saturated heterocycles. The maximum Gasteiger partial charge on any atom is 0.391 e. The van der Waals surface area contributed by atoms with Crippen LogP contribution in [0.3, 0.4) is 0 Å². The molecule has 0 N–H and O–H groups in total. The molecular formula is C28H30ClF3N6. The molecule has 0 bridgehead atoms. The molecule has 0 amide bonds. The monoisotopic (exact) mass is 542 g/mol. The fraction of sp³-hybridized carbons (Fsp3) is 0.536. The molecule has 1 aromatic carbocycles. The molecule has 2 saturated carbocycles. The minimum Gasteiger partial charge on any atom is -0.355 e. The van der Waals surface area contributed by atoms with Crippen molar-refractivity contribution in [3.05, 3.63) is 63.8 Å². The van der Waals surface area contributed by atoms with Crippen molar-refractivity contribution in [3.8, 4) is 5.69 Å². The molecule has 0 atom stereocenters. The standard InChI is InChI=1S/C28H30ClF3N6/c1-16-5-17(2)33-24(6-16)37-14-27(15-37)10-19(11-27)26-35-34-25-13-36(22-8-20(9-22)28(30,31)32)12-18-7-21(29)3-4-23(18)38(25)26/h3-7,19-20,22H,8-15H2,1-2H3. The predicted molar refractivity (Wildman–Crippen MR) is 139 cm³/mol. The Kier molecular flexibility index (Phi) is 5.41. The van der Waals surface area contributed by atoms with Crippen LogP contribution >= 0.6 is 11.6 Å². The van der Waals surface area contributed by atoms with E-state index in [2.05, 4.69) is 43.6 Å². The third kappa shape index (κ3) is 4.01. The van der Waals surface area contributed by atoms with E-state index in [1.807, 2.05) is 25.1 Å². The van der Waals surface area contributed by atoms with Crippen molar-refractivity contribution in [2.24, 2.45) is 11.3 Å². The van der Waals surface area contributed by atoms with Crippen molar-refractivity contribution in [1.29, 1.82) is 0 Å². The van der Waals surface area contributed by atoms with Gasteiger partial charge in [0.05, 0.1) is 18.2 Å². The summed E-state index contributed by atoms with van der Waals surface area (Å²) in [4.78, 5) is 9.21. The Morgan fingerprint density at radius 1 is 1.00 bits per heavy atom. The topological polar surface area (TPSA) is 50.1 Å². The first kappa shape index (κ1) is 24.4. The van der Waals surface area contributed by atoms with Crippen LogP contribution in [0.15, 0.2) is 30.3 Å². The molecule has 0 unspecified atom stereocenters. The van der Waals surface area contributed by atoms with Gasteiger partial charge in [-0.1, -0.05) is 11.6 Å². The van der Waals surface area contributed by atoms with E-state index in [9.17, 15) is 13.2 Å². The van der Waals surface area contributed by atoms with E-state index < -0.39 is 12.1 Å². The van der Waals surface area contributed by atoms with Gasteiger partial charge in [0.15, 0.2) is 5.82 Å². The third-order valence-corrected chi connectivity index (χ3v) is 9.27. The number of fused-ring (bicyclic) bond motifs is 3. The molecular weight excluding hydrogens is 513 g/mol. The number of rotatable bonds is 3. The number of halogens is 4. The number of alkyl halides is 3. The average molecular weight is 543 g/mol. The lowest BCUT2D eigenvalue weighted by Crippen LogP contribution is -2.62. The minimum atomic E-state index is -4.12. The predicted octanol–water partition coefficient (Wildman–Crippen LogP) is 5.97. The van der Waals surface area contributed by atoms with E-state index in [1.165, 1.54) is 5.56 Å². The number of benzene rings is 1. The van der Waals surface area contributed by atoms with Crippen LogP contribution in [0, 0.1) is 25.2 Å². The molecule has 200 valence electrons. The molecule has 2 aromatic heterocycles. The summed E-state index contributed by atoms with van der Waals surface area (Å²) in [5, 5.41) is 9.84. The van der Waals surface area contributed by atoms with E-state index in [0.29, 0.717) is 24.0 Å². The van der Waals surface area contributed by atoms with Gasteiger partial charge in [0, 0.05) is 47.7 Å². The molecule has 7 rings (SSSR count). The van der Waals surface area contributed by atoms with Crippen LogP contribution in [-0.4, -0.2) is 50.0 Å². The van der Waals surface area contributed by atoms with E-state index in [-0.39, 0.29) is 24.3 Å². The summed E-state index contributed by atoms with van der Waals surface area (Å²) >= 11 is 6.36. The van der Waals surface area contributed by atoms with Gasteiger partial charge in [-0.2, -0.15) is 13.2 Å². The third-order valence-electron chi connectivity index (χ3n) is 9.03. The van der Waals surface area contributed by atoms with Crippen molar-refractivity contribution < 1.29 is 13.2 Å². The van der Waals surface area contributed by atoms with E-state index >= 15 is 0 Å². The molecule has 3 aromatic rings. The van der Waals surface area contributed by atoms with Crippen molar-refractivity contribution in [3.63, 3.8) is 0 Å². The first-order valence-corrected chi connectivity index (χ1v) is 13.7. The Hall–Kier alpha value is -2.65. The zero-order valence-corrected chi connectivity index (χ0v) is 22.2. The Balaban J connectivity index is 1.11. The summed E-state index contributed by atoms with van der Waals surface area (Å²) in [6, 6.07) is 9.94. The van der Waals surface area contributed by atoms with Crippen LogP contribution in [0.5, 0.6) is 0 Å². The molecule has 6 nitrogen and oxygen atoms in total. The summed E-state index contributed by atoms with van der Waals surface area (Å²) in [7, 11) is 0. The molecule has 2 aliphatic heterocycles. The first-order chi connectivity index (χ1) is 18.1. The van der Waals surface area contributed by atoms with E-state index in [0.717, 1.165) is 60.3 Å². The second kappa shape index (κ2) is 8.42.